The van der Waals surface area contributed by atoms with Crippen LogP contribution in [0.3, 0.4) is 0 Å². The van der Waals surface area contributed by atoms with Gasteiger partial charge in [-0.2, -0.15) is 4.58 Å². The fourth-order valence-corrected chi connectivity index (χ4v) is 7.41. The van der Waals surface area contributed by atoms with Crippen LogP contribution in [0, 0.1) is 0 Å². The quantitative estimate of drug-likeness (QED) is 0.286. The second kappa shape index (κ2) is 11.5. The lowest BCUT2D eigenvalue weighted by Crippen LogP contribution is -2.27. The standard InChI is InChI=1S/C40H45N3/c1-7-42-34-23-14-12-21-32(34)39(3,4)36(42)27-25-29-17-16-18-30(38(29)41-31-19-10-9-11-20-31)26-28-37-40(5,6)33-22-13-15-24-35(33)43(37)8-2/h9-15,19-28H,7-8,16-18H2,1-6H3/p+1. The normalized spacial score (nSPS) is 20.8. The van der Waals surface area contributed by atoms with Crippen LogP contribution in [0.4, 0.5) is 17.1 Å². The minimum atomic E-state index is -0.0406. The molecule has 2 aliphatic heterocycles. The first-order chi connectivity index (χ1) is 20.8. The molecular weight excluding hydrogens is 522 g/mol. The topological polar surface area (TPSA) is 18.3 Å². The van der Waals surface area contributed by atoms with Crippen molar-refractivity contribution in [2.75, 3.05) is 23.3 Å². The molecule has 1 N–H and O–H groups in total. The highest BCUT2D eigenvalue weighted by Gasteiger charge is 2.43. The van der Waals surface area contributed by atoms with Gasteiger partial charge in [0.05, 0.1) is 5.41 Å². The van der Waals surface area contributed by atoms with Gasteiger partial charge in [0.15, 0.2) is 5.71 Å². The number of benzene rings is 3. The molecule has 0 aromatic heterocycles. The van der Waals surface area contributed by atoms with Crippen molar-refractivity contribution < 1.29 is 4.58 Å². The average molecular weight is 569 g/mol. The Balaban J connectivity index is 1.43. The fraction of sp³-hybridized carbons (Fsp3) is 0.325. The van der Waals surface area contributed by atoms with Gasteiger partial charge in [-0.3, -0.25) is 0 Å². The molecule has 0 radical (unpaired) electrons. The summed E-state index contributed by atoms with van der Waals surface area (Å²) in [4.78, 5) is 2.49. The summed E-state index contributed by atoms with van der Waals surface area (Å²) >= 11 is 0. The first-order valence-corrected chi connectivity index (χ1v) is 16.0. The Hall–Kier alpha value is -4.11. The Morgan fingerprint density at radius 2 is 1.47 bits per heavy atom. The summed E-state index contributed by atoms with van der Waals surface area (Å²) in [6.07, 6.45) is 12.8. The highest BCUT2D eigenvalue weighted by molar-refractivity contribution is 6.03. The molecule has 0 fully saturated rings. The van der Waals surface area contributed by atoms with Crippen LogP contribution in [0.25, 0.3) is 0 Å². The van der Waals surface area contributed by atoms with Gasteiger partial charge in [0.25, 0.3) is 0 Å². The summed E-state index contributed by atoms with van der Waals surface area (Å²) in [6, 6.07) is 28.4. The smallest absolute Gasteiger partial charge is 0.209 e. The number of hydrogen-bond acceptors (Lipinski definition) is 2. The van der Waals surface area contributed by atoms with Gasteiger partial charge in [-0.1, -0.05) is 80.6 Å². The molecule has 0 spiro atoms. The minimum absolute atomic E-state index is 0.0406. The van der Waals surface area contributed by atoms with E-state index in [0.717, 1.165) is 38.0 Å². The predicted molar refractivity (Wildman–Crippen MR) is 184 cm³/mol. The maximum atomic E-state index is 3.85. The number of hydrogen-bond donors (Lipinski definition) is 1. The zero-order valence-corrected chi connectivity index (χ0v) is 26.7. The molecule has 3 heteroatoms. The van der Waals surface area contributed by atoms with Crippen LogP contribution in [0.5, 0.6) is 0 Å². The third-order valence-corrected chi connectivity index (χ3v) is 9.69. The number of rotatable bonds is 7. The van der Waals surface area contributed by atoms with E-state index in [9.17, 15) is 0 Å². The van der Waals surface area contributed by atoms with Crippen LogP contribution in [0.1, 0.15) is 71.9 Å². The third kappa shape index (κ3) is 5.09. The molecule has 0 saturated carbocycles. The van der Waals surface area contributed by atoms with Crippen molar-refractivity contribution in [1.29, 1.82) is 0 Å². The SMILES string of the molecule is CCN1C(=CC=C2CCCC(C=CC3=[N+](CC)c4ccccc4C3(C)C)=C2Nc2ccccc2)C(C)(C)c2ccccc21. The van der Waals surface area contributed by atoms with E-state index < -0.39 is 0 Å². The van der Waals surface area contributed by atoms with E-state index in [-0.39, 0.29) is 10.8 Å². The Morgan fingerprint density at radius 3 is 2.21 bits per heavy atom. The maximum Gasteiger partial charge on any atom is 0.209 e. The lowest BCUT2D eigenvalue weighted by Gasteiger charge is -2.27. The van der Waals surface area contributed by atoms with Crippen molar-refractivity contribution in [3.05, 3.63) is 137 Å². The molecule has 3 aromatic rings. The number of fused-ring (bicyclic) bond motifs is 2. The van der Waals surface area contributed by atoms with Gasteiger partial charge in [0.2, 0.25) is 5.69 Å². The van der Waals surface area contributed by atoms with E-state index in [4.69, 9.17) is 0 Å². The van der Waals surface area contributed by atoms with Gasteiger partial charge >= 0.3 is 0 Å². The highest BCUT2D eigenvalue weighted by atomic mass is 15.2. The largest absolute Gasteiger partial charge is 0.355 e. The predicted octanol–water partition coefficient (Wildman–Crippen LogP) is 9.82. The van der Waals surface area contributed by atoms with Gasteiger partial charge in [0.1, 0.15) is 6.54 Å². The first-order valence-electron chi connectivity index (χ1n) is 16.0. The van der Waals surface area contributed by atoms with Crippen LogP contribution in [-0.4, -0.2) is 23.4 Å². The van der Waals surface area contributed by atoms with Gasteiger partial charge in [-0.15, -0.1) is 0 Å². The van der Waals surface area contributed by atoms with E-state index >= 15 is 0 Å². The molecule has 0 atom stereocenters. The summed E-state index contributed by atoms with van der Waals surface area (Å²) in [5.41, 5.74) is 13.3. The van der Waals surface area contributed by atoms with Crippen molar-refractivity contribution in [1.82, 2.24) is 0 Å². The monoisotopic (exact) mass is 568 g/mol. The van der Waals surface area contributed by atoms with Crippen molar-refractivity contribution in [2.45, 2.75) is 71.6 Å². The van der Waals surface area contributed by atoms with Gasteiger partial charge in [-0.05, 0) is 87.9 Å². The van der Waals surface area contributed by atoms with E-state index in [1.807, 2.05) is 0 Å². The van der Waals surface area contributed by atoms with Crippen molar-refractivity contribution in [3.8, 4) is 0 Å². The summed E-state index contributed by atoms with van der Waals surface area (Å²) in [7, 11) is 0. The molecule has 0 unspecified atom stereocenters. The zero-order chi connectivity index (χ0) is 30.2. The van der Waals surface area contributed by atoms with Crippen molar-refractivity contribution >= 4 is 22.8 Å². The minimum Gasteiger partial charge on any atom is -0.355 e. The Kier molecular flexibility index (Phi) is 7.77. The summed E-state index contributed by atoms with van der Waals surface area (Å²) in [5, 5.41) is 3.85. The molecule has 3 nitrogen and oxygen atoms in total. The fourth-order valence-electron chi connectivity index (χ4n) is 7.41. The lowest BCUT2D eigenvalue weighted by molar-refractivity contribution is -0.433. The van der Waals surface area contributed by atoms with Gasteiger partial charge < -0.3 is 10.2 Å². The highest BCUT2D eigenvalue weighted by Crippen LogP contribution is 2.47. The summed E-state index contributed by atoms with van der Waals surface area (Å²) < 4.78 is 2.49. The second-order valence-corrected chi connectivity index (χ2v) is 13.0. The number of allylic oxidation sites excluding steroid dienone is 7. The van der Waals surface area contributed by atoms with Crippen LogP contribution >= 0.6 is 0 Å². The number of likely N-dealkylation sites (N-methyl/N-ethyl adjacent to an activating group) is 1. The number of para-hydroxylation sites is 3. The summed E-state index contributed by atoms with van der Waals surface area (Å²) in [6.45, 7) is 15.9. The van der Waals surface area contributed by atoms with E-state index in [0.29, 0.717) is 0 Å². The molecule has 0 amide bonds. The van der Waals surface area contributed by atoms with E-state index in [1.54, 1.807) is 0 Å². The van der Waals surface area contributed by atoms with Crippen LogP contribution < -0.4 is 10.2 Å². The maximum absolute atomic E-state index is 3.85. The van der Waals surface area contributed by atoms with Crippen molar-refractivity contribution in [3.63, 3.8) is 0 Å². The zero-order valence-electron chi connectivity index (χ0n) is 26.7. The average Bonchev–Trinajstić information content (AvgIpc) is 3.38. The van der Waals surface area contributed by atoms with Crippen LogP contribution in [0.2, 0.25) is 0 Å². The molecule has 0 saturated heterocycles. The lowest BCUT2D eigenvalue weighted by atomic mass is 9.81. The molecule has 0 bridgehead atoms. The first kappa shape index (κ1) is 29.0. The molecule has 3 aromatic carbocycles. The van der Waals surface area contributed by atoms with Gasteiger partial charge in [-0.25, -0.2) is 0 Å². The number of nitrogens with one attached hydrogen (secondary N) is 1. The molecule has 43 heavy (non-hydrogen) atoms. The summed E-state index contributed by atoms with van der Waals surface area (Å²) in [5.74, 6) is 0. The molecule has 1 aliphatic carbocycles. The Labute approximate surface area is 258 Å². The number of nitrogens with zero attached hydrogens (tertiary/aromatic N) is 2. The van der Waals surface area contributed by atoms with Crippen LogP contribution in [0.15, 0.2) is 126 Å². The van der Waals surface area contributed by atoms with E-state index in [1.165, 1.54) is 50.8 Å². The van der Waals surface area contributed by atoms with Crippen molar-refractivity contribution in [2.24, 2.45) is 0 Å². The molecular formula is C40H46N3+. The molecule has 2 heterocycles. The molecule has 220 valence electrons. The second-order valence-electron chi connectivity index (χ2n) is 13.0. The molecule has 3 aliphatic rings. The number of anilines is 2. The Bertz CT molecular complexity index is 1680. The molecule has 6 rings (SSSR count). The third-order valence-electron chi connectivity index (χ3n) is 9.69. The Morgan fingerprint density at radius 1 is 0.767 bits per heavy atom. The van der Waals surface area contributed by atoms with E-state index in [2.05, 4.69) is 160 Å². The van der Waals surface area contributed by atoms with Crippen LogP contribution in [-0.2, 0) is 10.8 Å². The van der Waals surface area contributed by atoms with Gasteiger partial charge in [0, 0.05) is 52.4 Å².